The van der Waals surface area contributed by atoms with E-state index in [0.29, 0.717) is 18.2 Å². The summed E-state index contributed by atoms with van der Waals surface area (Å²) in [6.07, 6.45) is 7.28. The van der Waals surface area contributed by atoms with Gasteiger partial charge in [-0.25, -0.2) is 9.97 Å². The first kappa shape index (κ1) is 13.2. The van der Waals surface area contributed by atoms with Crippen LogP contribution in [0.5, 0.6) is 0 Å². The molecule has 0 amide bonds. The van der Waals surface area contributed by atoms with E-state index in [-0.39, 0.29) is 0 Å². The highest BCUT2D eigenvalue weighted by Gasteiger charge is 2.44. The lowest BCUT2D eigenvalue weighted by Gasteiger charge is -2.35. The molecular formula is C16H19N4OS. The fourth-order valence-corrected chi connectivity index (χ4v) is 4.77. The van der Waals surface area contributed by atoms with Gasteiger partial charge in [0, 0.05) is 38.3 Å². The predicted molar refractivity (Wildman–Crippen MR) is 86.3 cm³/mol. The van der Waals surface area contributed by atoms with Gasteiger partial charge < -0.3 is 9.64 Å². The van der Waals surface area contributed by atoms with E-state index in [9.17, 15) is 0 Å². The van der Waals surface area contributed by atoms with E-state index in [0.717, 1.165) is 42.4 Å². The normalized spacial score (nSPS) is 31.6. The first-order chi connectivity index (χ1) is 10.9. The molecule has 1 radical (unpaired) electrons. The van der Waals surface area contributed by atoms with Gasteiger partial charge in [0.05, 0.1) is 16.3 Å². The molecule has 22 heavy (non-hydrogen) atoms. The molecule has 2 bridgehead atoms. The van der Waals surface area contributed by atoms with Crippen molar-refractivity contribution in [1.29, 1.82) is 0 Å². The molecule has 0 saturated carbocycles. The lowest BCUT2D eigenvalue weighted by molar-refractivity contribution is 0.0667. The third kappa shape index (κ3) is 2.13. The molecule has 0 aromatic carbocycles. The number of thiophene rings is 1. The van der Waals surface area contributed by atoms with Crippen molar-refractivity contribution in [2.24, 2.45) is 0 Å². The smallest absolute Gasteiger partial charge is 0.226 e. The summed E-state index contributed by atoms with van der Waals surface area (Å²) in [7, 11) is 0. The maximum atomic E-state index is 5.79. The predicted octanol–water partition coefficient (Wildman–Crippen LogP) is 1.93. The quantitative estimate of drug-likeness (QED) is 0.866. The van der Waals surface area contributed by atoms with Crippen LogP contribution in [0.25, 0.3) is 10.2 Å². The molecule has 3 aliphatic heterocycles. The second-order valence-electron chi connectivity index (χ2n) is 6.56. The summed E-state index contributed by atoms with van der Waals surface area (Å²) in [6.45, 7) is 4.21. The van der Waals surface area contributed by atoms with E-state index in [2.05, 4.69) is 32.4 Å². The van der Waals surface area contributed by atoms with Crippen molar-refractivity contribution in [3.05, 3.63) is 17.6 Å². The van der Waals surface area contributed by atoms with Crippen LogP contribution in [0.1, 0.15) is 19.3 Å². The highest BCUT2D eigenvalue weighted by atomic mass is 32.1. The number of fused-ring (bicyclic) bond motifs is 3. The zero-order valence-corrected chi connectivity index (χ0v) is 13.3. The third-order valence-corrected chi connectivity index (χ3v) is 6.00. The summed E-state index contributed by atoms with van der Waals surface area (Å²) in [5, 5.41) is 2.05. The maximum absolute atomic E-state index is 5.79. The summed E-state index contributed by atoms with van der Waals surface area (Å²) in [4.78, 5) is 14.2. The van der Waals surface area contributed by atoms with E-state index >= 15 is 0 Å². The van der Waals surface area contributed by atoms with Gasteiger partial charge in [0.1, 0.15) is 6.20 Å². The lowest BCUT2D eigenvalue weighted by atomic mass is 10.2. The molecule has 0 N–H and O–H groups in total. The van der Waals surface area contributed by atoms with Crippen LogP contribution in [-0.4, -0.2) is 59.3 Å². The maximum Gasteiger partial charge on any atom is 0.226 e. The van der Waals surface area contributed by atoms with Crippen molar-refractivity contribution in [3.8, 4) is 0 Å². The number of ether oxygens (including phenoxy) is 1. The molecule has 5 rings (SSSR count). The molecule has 5 nitrogen and oxygen atoms in total. The Morgan fingerprint density at radius 3 is 3.18 bits per heavy atom. The number of nitrogens with zero attached hydrogens (tertiary/aromatic N) is 4. The molecule has 3 fully saturated rings. The minimum atomic E-state index is 0.458. The lowest BCUT2D eigenvalue weighted by Crippen LogP contribution is -2.49. The molecule has 3 aliphatic rings. The summed E-state index contributed by atoms with van der Waals surface area (Å²) >= 11 is 1.65. The summed E-state index contributed by atoms with van der Waals surface area (Å²) in [5.41, 5.74) is 1.02. The fourth-order valence-electron chi connectivity index (χ4n) is 4.10. The van der Waals surface area contributed by atoms with Crippen molar-refractivity contribution in [3.63, 3.8) is 0 Å². The van der Waals surface area contributed by atoms with Crippen LogP contribution >= 0.6 is 11.3 Å². The third-order valence-electron chi connectivity index (χ3n) is 5.20. The monoisotopic (exact) mass is 315 g/mol. The molecule has 2 aromatic heterocycles. The van der Waals surface area contributed by atoms with E-state index in [4.69, 9.17) is 9.72 Å². The average Bonchev–Trinajstić information content (AvgIpc) is 3.30. The van der Waals surface area contributed by atoms with Gasteiger partial charge in [0.15, 0.2) is 0 Å². The van der Waals surface area contributed by atoms with Crippen molar-refractivity contribution in [2.45, 2.75) is 37.5 Å². The minimum absolute atomic E-state index is 0.458. The van der Waals surface area contributed by atoms with Gasteiger partial charge in [0.2, 0.25) is 5.95 Å². The second-order valence-corrected chi connectivity index (χ2v) is 7.47. The van der Waals surface area contributed by atoms with Gasteiger partial charge in [-0.15, -0.1) is 11.3 Å². The SMILES string of the molecule is [c]1nc(N2C[C@@H]3C[C@H]2CN3CC2CCCO2)nc2ccsc12. The van der Waals surface area contributed by atoms with Crippen molar-refractivity contribution >= 4 is 27.5 Å². The summed E-state index contributed by atoms with van der Waals surface area (Å²) in [6, 6.07) is 3.24. The summed E-state index contributed by atoms with van der Waals surface area (Å²) < 4.78 is 6.84. The van der Waals surface area contributed by atoms with Gasteiger partial charge in [-0.3, -0.25) is 4.90 Å². The Bertz CT molecular complexity index is 684. The van der Waals surface area contributed by atoms with Crippen molar-refractivity contribution in [1.82, 2.24) is 14.9 Å². The number of hydrogen-bond acceptors (Lipinski definition) is 6. The van der Waals surface area contributed by atoms with Gasteiger partial charge in [-0.2, -0.15) is 0 Å². The Kier molecular flexibility index (Phi) is 3.09. The standard InChI is InChI=1S/C16H19N4OS/c1-2-13(21-4-1)10-19-8-12-6-11(19)9-20(12)16-17-7-15-14(18-16)3-5-22-15/h3,5,11-13H,1-2,4,6,8-10H2/t11-,12-,13?/m0/s1. The molecule has 6 heteroatoms. The number of aromatic nitrogens is 2. The largest absolute Gasteiger partial charge is 0.377 e. The number of piperazine rings is 1. The van der Waals surface area contributed by atoms with Gasteiger partial charge >= 0.3 is 0 Å². The van der Waals surface area contributed by atoms with Crippen molar-refractivity contribution in [2.75, 3.05) is 31.1 Å². The highest BCUT2D eigenvalue weighted by molar-refractivity contribution is 7.17. The Morgan fingerprint density at radius 1 is 1.36 bits per heavy atom. The topological polar surface area (TPSA) is 41.5 Å². The first-order valence-electron chi connectivity index (χ1n) is 8.12. The van der Waals surface area contributed by atoms with Crippen LogP contribution in [0.4, 0.5) is 5.95 Å². The average molecular weight is 315 g/mol. The first-order valence-corrected chi connectivity index (χ1v) is 9.00. The molecule has 3 atom stereocenters. The Balaban J connectivity index is 1.31. The molecule has 3 saturated heterocycles. The Morgan fingerprint density at radius 2 is 2.36 bits per heavy atom. The number of anilines is 1. The van der Waals surface area contributed by atoms with E-state index < -0.39 is 0 Å². The molecule has 0 aliphatic carbocycles. The number of likely N-dealkylation sites (tertiary alicyclic amines) is 1. The molecule has 1 unspecified atom stereocenters. The Labute approximate surface area is 133 Å². The number of hydrogen-bond donors (Lipinski definition) is 0. The molecular weight excluding hydrogens is 296 g/mol. The second kappa shape index (κ2) is 5.15. The van der Waals surface area contributed by atoms with E-state index in [1.165, 1.54) is 19.3 Å². The van der Waals surface area contributed by atoms with Crippen LogP contribution < -0.4 is 4.90 Å². The van der Waals surface area contributed by atoms with Gasteiger partial charge in [0.25, 0.3) is 0 Å². The Hall–Kier alpha value is -1.24. The highest BCUT2D eigenvalue weighted by Crippen LogP contribution is 2.34. The van der Waals surface area contributed by atoms with E-state index in [1.54, 1.807) is 11.3 Å². The van der Waals surface area contributed by atoms with Crippen LogP contribution in [-0.2, 0) is 4.74 Å². The van der Waals surface area contributed by atoms with Crippen LogP contribution in [0.2, 0.25) is 0 Å². The van der Waals surface area contributed by atoms with Crippen molar-refractivity contribution < 1.29 is 4.74 Å². The molecule has 0 spiro atoms. The van der Waals surface area contributed by atoms with E-state index in [1.807, 2.05) is 0 Å². The zero-order valence-electron chi connectivity index (χ0n) is 12.4. The summed E-state index contributed by atoms with van der Waals surface area (Å²) in [5.74, 6) is 0.857. The van der Waals surface area contributed by atoms with Gasteiger partial charge in [-0.1, -0.05) is 0 Å². The molecule has 5 heterocycles. The molecule has 115 valence electrons. The van der Waals surface area contributed by atoms with Crippen LogP contribution in [0, 0.1) is 6.20 Å². The zero-order chi connectivity index (χ0) is 14.5. The molecule has 2 aromatic rings. The van der Waals surface area contributed by atoms with Crippen LogP contribution in [0.15, 0.2) is 11.4 Å². The fraction of sp³-hybridized carbons (Fsp3) is 0.625. The number of rotatable bonds is 3. The van der Waals surface area contributed by atoms with Crippen LogP contribution in [0.3, 0.4) is 0 Å². The minimum Gasteiger partial charge on any atom is -0.377 e. The van der Waals surface area contributed by atoms with Gasteiger partial charge in [-0.05, 0) is 30.7 Å².